The van der Waals surface area contributed by atoms with Crippen molar-refractivity contribution in [1.82, 2.24) is 14.8 Å². The molecule has 20 heavy (non-hydrogen) atoms. The number of nitrogens with one attached hydrogen (secondary N) is 1. The van der Waals surface area contributed by atoms with Gasteiger partial charge in [-0.1, -0.05) is 25.1 Å². The Morgan fingerprint density at radius 1 is 1.15 bits per heavy atom. The number of H-pyrrole nitrogens is 1. The predicted octanol–water partition coefficient (Wildman–Crippen LogP) is 2.58. The van der Waals surface area contributed by atoms with Crippen molar-refractivity contribution in [2.24, 2.45) is 0 Å². The third kappa shape index (κ3) is 3.20. The zero-order valence-electron chi connectivity index (χ0n) is 12.5. The number of aromatic nitrogens is 1. The van der Waals surface area contributed by atoms with E-state index >= 15 is 0 Å². The molecule has 108 valence electrons. The maximum absolute atomic E-state index is 12.7. The Labute approximate surface area is 120 Å². The Bertz CT molecular complexity index is 574. The summed E-state index contributed by atoms with van der Waals surface area (Å²) in [5, 5.41) is 1.00. The molecule has 0 saturated carbocycles. The predicted molar refractivity (Wildman–Crippen MR) is 83.0 cm³/mol. The maximum Gasteiger partial charge on any atom is 0.256 e. The van der Waals surface area contributed by atoms with E-state index in [0.717, 1.165) is 42.5 Å². The van der Waals surface area contributed by atoms with E-state index in [1.165, 1.54) is 0 Å². The highest BCUT2D eigenvalue weighted by molar-refractivity contribution is 6.06. The molecule has 4 heteroatoms. The molecule has 1 N–H and O–H groups in total. The lowest BCUT2D eigenvalue weighted by molar-refractivity contribution is 0.0747. The van der Waals surface area contributed by atoms with Crippen molar-refractivity contribution in [2.45, 2.75) is 13.3 Å². The van der Waals surface area contributed by atoms with Gasteiger partial charge in [0.2, 0.25) is 0 Å². The number of amides is 1. The molecule has 1 heterocycles. The first-order valence-electron chi connectivity index (χ1n) is 7.13. The lowest BCUT2D eigenvalue weighted by atomic mass is 10.1. The quantitative estimate of drug-likeness (QED) is 0.878. The summed E-state index contributed by atoms with van der Waals surface area (Å²) in [4.78, 5) is 19.9. The van der Waals surface area contributed by atoms with Gasteiger partial charge in [0.05, 0.1) is 5.56 Å². The van der Waals surface area contributed by atoms with Gasteiger partial charge in [-0.15, -0.1) is 0 Å². The van der Waals surface area contributed by atoms with Gasteiger partial charge in [-0.3, -0.25) is 4.79 Å². The molecular weight excluding hydrogens is 250 g/mol. The van der Waals surface area contributed by atoms with E-state index in [2.05, 4.69) is 16.8 Å². The molecule has 0 aliphatic rings. The van der Waals surface area contributed by atoms with Gasteiger partial charge in [-0.2, -0.15) is 0 Å². The average Bonchev–Trinajstić information content (AvgIpc) is 2.86. The van der Waals surface area contributed by atoms with Crippen molar-refractivity contribution in [3.8, 4) is 0 Å². The fraction of sp³-hybridized carbons (Fsp3) is 0.438. The lowest BCUT2D eigenvalue weighted by Crippen LogP contribution is -2.37. The third-order valence-electron chi connectivity index (χ3n) is 3.42. The third-order valence-corrected chi connectivity index (χ3v) is 3.42. The van der Waals surface area contributed by atoms with E-state index < -0.39 is 0 Å². The van der Waals surface area contributed by atoms with Gasteiger partial charge in [0.15, 0.2) is 0 Å². The summed E-state index contributed by atoms with van der Waals surface area (Å²) < 4.78 is 0. The maximum atomic E-state index is 12.7. The molecule has 0 aliphatic carbocycles. The highest BCUT2D eigenvalue weighted by Gasteiger charge is 2.18. The Hall–Kier alpha value is -1.81. The number of carbonyl (C=O) groups is 1. The summed E-state index contributed by atoms with van der Waals surface area (Å²) in [6.45, 7) is 4.55. The van der Waals surface area contributed by atoms with Gasteiger partial charge in [0.1, 0.15) is 0 Å². The molecule has 1 aromatic heterocycles. The first-order valence-corrected chi connectivity index (χ1v) is 7.13. The first-order chi connectivity index (χ1) is 9.63. The van der Waals surface area contributed by atoms with Crippen LogP contribution < -0.4 is 0 Å². The van der Waals surface area contributed by atoms with Crippen molar-refractivity contribution in [2.75, 3.05) is 33.7 Å². The Morgan fingerprint density at radius 2 is 1.90 bits per heavy atom. The standard InChI is InChI=1S/C16H23N3O/c1-4-9-19(11-10-18(2)3)16(20)14-12-17-15-8-6-5-7-13(14)15/h5-8,12,17H,4,9-11H2,1-3H3. The number of fused-ring (bicyclic) bond motifs is 1. The normalized spacial score (nSPS) is 11.2. The van der Waals surface area contributed by atoms with Crippen LogP contribution in [0.1, 0.15) is 23.7 Å². The van der Waals surface area contributed by atoms with E-state index in [4.69, 9.17) is 0 Å². The summed E-state index contributed by atoms with van der Waals surface area (Å²) in [6, 6.07) is 7.94. The molecule has 4 nitrogen and oxygen atoms in total. The number of hydrogen-bond donors (Lipinski definition) is 1. The summed E-state index contributed by atoms with van der Waals surface area (Å²) in [5.41, 5.74) is 1.78. The average molecular weight is 273 g/mol. The van der Waals surface area contributed by atoms with E-state index in [-0.39, 0.29) is 5.91 Å². The van der Waals surface area contributed by atoms with E-state index in [1.807, 2.05) is 49.5 Å². The van der Waals surface area contributed by atoms with Gasteiger partial charge in [-0.25, -0.2) is 0 Å². The van der Waals surface area contributed by atoms with Crippen LogP contribution in [0.5, 0.6) is 0 Å². The molecule has 0 bridgehead atoms. The molecule has 1 aromatic carbocycles. The Balaban J connectivity index is 2.22. The monoisotopic (exact) mass is 273 g/mol. The molecule has 0 saturated heterocycles. The fourth-order valence-corrected chi connectivity index (χ4v) is 2.32. The van der Waals surface area contributed by atoms with Crippen molar-refractivity contribution in [1.29, 1.82) is 0 Å². The lowest BCUT2D eigenvalue weighted by Gasteiger charge is -2.23. The van der Waals surface area contributed by atoms with Crippen LogP contribution in [0.2, 0.25) is 0 Å². The van der Waals surface area contributed by atoms with Crippen molar-refractivity contribution in [3.63, 3.8) is 0 Å². The largest absolute Gasteiger partial charge is 0.360 e. The number of rotatable bonds is 6. The molecule has 2 aromatic rings. The van der Waals surface area contributed by atoms with E-state index in [0.29, 0.717) is 0 Å². The number of hydrogen-bond acceptors (Lipinski definition) is 2. The van der Waals surface area contributed by atoms with Gasteiger partial charge in [0, 0.05) is 36.7 Å². The number of benzene rings is 1. The van der Waals surface area contributed by atoms with Crippen molar-refractivity contribution >= 4 is 16.8 Å². The molecular formula is C16H23N3O. The summed E-state index contributed by atoms with van der Waals surface area (Å²) in [5.74, 6) is 0.117. The second-order valence-corrected chi connectivity index (χ2v) is 5.34. The van der Waals surface area contributed by atoms with Crippen LogP contribution >= 0.6 is 0 Å². The molecule has 1 amide bonds. The second kappa shape index (κ2) is 6.57. The topological polar surface area (TPSA) is 39.3 Å². The van der Waals surface area contributed by atoms with Crippen LogP contribution in [0.25, 0.3) is 10.9 Å². The highest BCUT2D eigenvalue weighted by atomic mass is 16.2. The number of likely N-dealkylation sites (N-methyl/N-ethyl adjacent to an activating group) is 1. The summed E-state index contributed by atoms with van der Waals surface area (Å²) >= 11 is 0. The van der Waals surface area contributed by atoms with E-state index in [1.54, 1.807) is 0 Å². The van der Waals surface area contributed by atoms with Crippen LogP contribution in [-0.2, 0) is 0 Å². The van der Waals surface area contributed by atoms with Crippen LogP contribution in [0, 0.1) is 0 Å². The Kier molecular flexibility index (Phi) is 4.79. The molecule has 0 atom stereocenters. The van der Waals surface area contributed by atoms with Gasteiger partial charge in [0.25, 0.3) is 5.91 Å². The van der Waals surface area contributed by atoms with Crippen LogP contribution in [0.4, 0.5) is 0 Å². The molecule has 2 rings (SSSR count). The number of aromatic amines is 1. The molecule has 0 radical (unpaired) electrons. The van der Waals surface area contributed by atoms with E-state index in [9.17, 15) is 4.79 Å². The molecule has 0 unspecified atom stereocenters. The minimum Gasteiger partial charge on any atom is -0.360 e. The van der Waals surface area contributed by atoms with Gasteiger partial charge < -0.3 is 14.8 Å². The first kappa shape index (κ1) is 14.6. The second-order valence-electron chi connectivity index (χ2n) is 5.34. The van der Waals surface area contributed by atoms with Gasteiger partial charge in [-0.05, 0) is 26.6 Å². The highest BCUT2D eigenvalue weighted by Crippen LogP contribution is 2.19. The molecule has 0 fully saturated rings. The van der Waals surface area contributed by atoms with Crippen LogP contribution in [0.15, 0.2) is 30.5 Å². The minimum atomic E-state index is 0.117. The smallest absolute Gasteiger partial charge is 0.256 e. The van der Waals surface area contributed by atoms with Gasteiger partial charge >= 0.3 is 0 Å². The minimum absolute atomic E-state index is 0.117. The van der Waals surface area contributed by atoms with Crippen molar-refractivity contribution < 1.29 is 4.79 Å². The Morgan fingerprint density at radius 3 is 2.60 bits per heavy atom. The SMILES string of the molecule is CCCN(CCN(C)C)C(=O)c1c[nH]c2ccccc12. The van der Waals surface area contributed by atoms with Crippen molar-refractivity contribution in [3.05, 3.63) is 36.0 Å². The molecule has 0 spiro atoms. The zero-order valence-corrected chi connectivity index (χ0v) is 12.5. The summed E-state index contributed by atoms with van der Waals surface area (Å²) in [7, 11) is 4.06. The number of carbonyl (C=O) groups excluding carboxylic acids is 1. The number of para-hydroxylation sites is 1. The zero-order chi connectivity index (χ0) is 14.5. The fourth-order valence-electron chi connectivity index (χ4n) is 2.32. The van der Waals surface area contributed by atoms with Crippen LogP contribution in [-0.4, -0.2) is 54.4 Å². The molecule has 0 aliphatic heterocycles. The van der Waals surface area contributed by atoms with Crippen LogP contribution in [0.3, 0.4) is 0 Å². The summed E-state index contributed by atoms with van der Waals surface area (Å²) in [6.07, 6.45) is 2.80. The number of nitrogens with zero attached hydrogens (tertiary/aromatic N) is 2.